The highest BCUT2D eigenvalue weighted by Gasteiger charge is 2.56. The standard InChI is InChI=1S/C40H48O6/c1-2-35-31(13-32(1)43-5-3-41-21-33-23-45-33)14-36(39-15-25-7-26(16-39)9-27(8-25)17-39)38(44-6-4-42-22-34-24-46-34)37(35)40-18-28-10-29(19-40)12-30(11-28)20-40/h1-2,13-14,23-30H,3-12,15-22H2. The number of hydrogen-bond donors (Lipinski definition) is 0. The Balaban J connectivity index is 1.06. The topological polar surface area (TPSA) is 62.0 Å². The first-order valence-corrected chi connectivity index (χ1v) is 18.3. The molecule has 8 fully saturated rings. The van der Waals surface area contributed by atoms with E-state index in [0.717, 1.165) is 52.8 Å². The van der Waals surface area contributed by atoms with Crippen LogP contribution in [-0.4, -0.2) is 39.6 Å². The van der Waals surface area contributed by atoms with Gasteiger partial charge in [-0.15, -0.1) is 0 Å². The van der Waals surface area contributed by atoms with Crippen molar-refractivity contribution in [3.05, 3.63) is 59.4 Å². The van der Waals surface area contributed by atoms with Gasteiger partial charge in [0.1, 0.15) is 50.5 Å². The van der Waals surface area contributed by atoms with Crippen LogP contribution in [0.25, 0.3) is 10.8 Å². The van der Waals surface area contributed by atoms with Crippen LogP contribution in [0.4, 0.5) is 0 Å². The molecule has 2 aromatic rings. The summed E-state index contributed by atoms with van der Waals surface area (Å²) in [7, 11) is 0. The smallest absolute Gasteiger partial charge is 0.164 e. The Hall–Kier alpha value is -2.70. The van der Waals surface area contributed by atoms with Gasteiger partial charge < -0.3 is 28.4 Å². The van der Waals surface area contributed by atoms with Gasteiger partial charge in [0.2, 0.25) is 0 Å². The van der Waals surface area contributed by atoms with E-state index in [1.165, 1.54) is 99.1 Å². The summed E-state index contributed by atoms with van der Waals surface area (Å²) in [6, 6.07) is 9.45. The second-order valence-electron chi connectivity index (χ2n) is 16.6. The maximum atomic E-state index is 7.16. The van der Waals surface area contributed by atoms with Crippen LogP contribution < -0.4 is 9.47 Å². The fourth-order valence-corrected chi connectivity index (χ4v) is 12.4. The molecule has 10 aliphatic rings. The number of benzene rings is 2. The van der Waals surface area contributed by atoms with Crippen LogP contribution in [-0.2, 0) is 29.8 Å². The SMILES string of the molecule is C1=C(COCCOc2ccc3c(C45CC6CC(CC(C6)C4)C5)c(OCCOCC4=CO4)c(C45CC6CC(CC(C6)C4)C5)cc3c2)O1. The minimum atomic E-state index is 0.212. The molecule has 0 N–H and O–H groups in total. The fourth-order valence-electron chi connectivity index (χ4n) is 12.4. The first-order chi connectivity index (χ1) is 22.6. The zero-order chi connectivity index (χ0) is 30.3. The molecule has 2 heterocycles. The summed E-state index contributed by atoms with van der Waals surface area (Å²) in [4.78, 5) is 0. The summed E-state index contributed by atoms with van der Waals surface area (Å²) >= 11 is 0. The summed E-state index contributed by atoms with van der Waals surface area (Å²) in [5.41, 5.74) is 3.52. The van der Waals surface area contributed by atoms with Crippen molar-refractivity contribution in [1.82, 2.24) is 0 Å². The average molecular weight is 625 g/mol. The summed E-state index contributed by atoms with van der Waals surface area (Å²) in [6.07, 6.45) is 20.1. The van der Waals surface area contributed by atoms with Crippen molar-refractivity contribution in [1.29, 1.82) is 0 Å². The zero-order valence-electron chi connectivity index (χ0n) is 27.1. The Bertz CT molecular complexity index is 1520. The molecule has 0 amide bonds. The molecule has 6 heteroatoms. The number of rotatable bonds is 14. The third-order valence-corrected chi connectivity index (χ3v) is 13.3. The zero-order valence-corrected chi connectivity index (χ0v) is 27.1. The summed E-state index contributed by atoms with van der Waals surface area (Å²) in [6.45, 7) is 3.32. The maximum Gasteiger partial charge on any atom is 0.164 e. The van der Waals surface area contributed by atoms with Crippen molar-refractivity contribution in [2.75, 3.05) is 39.6 Å². The monoisotopic (exact) mass is 624 g/mol. The van der Waals surface area contributed by atoms with Crippen LogP contribution in [0.2, 0.25) is 0 Å². The Kier molecular flexibility index (Phi) is 6.72. The summed E-state index contributed by atoms with van der Waals surface area (Å²) < 4.78 is 35.4. The second-order valence-corrected chi connectivity index (χ2v) is 16.6. The van der Waals surface area contributed by atoms with Crippen molar-refractivity contribution in [3.63, 3.8) is 0 Å². The number of ether oxygens (including phenoxy) is 6. The molecular formula is C40H48O6. The van der Waals surface area contributed by atoms with Gasteiger partial charge in [-0.05, 0) is 147 Å². The molecule has 6 nitrogen and oxygen atoms in total. The molecule has 0 aromatic heterocycles. The van der Waals surface area contributed by atoms with Gasteiger partial charge in [0.25, 0.3) is 0 Å². The minimum absolute atomic E-state index is 0.212. The molecule has 8 aliphatic carbocycles. The lowest BCUT2D eigenvalue weighted by Crippen LogP contribution is -2.50. The van der Waals surface area contributed by atoms with Gasteiger partial charge >= 0.3 is 0 Å². The Morgan fingerprint density at radius 1 is 0.587 bits per heavy atom. The molecule has 0 spiro atoms. The average Bonchev–Trinajstić information content (AvgIpc) is 3.95. The van der Waals surface area contributed by atoms with E-state index in [1.54, 1.807) is 18.1 Å². The van der Waals surface area contributed by atoms with E-state index in [2.05, 4.69) is 24.3 Å². The van der Waals surface area contributed by atoms with Gasteiger partial charge in [-0.3, -0.25) is 0 Å². The van der Waals surface area contributed by atoms with Crippen LogP contribution in [0.15, 0.2) is 48.3 Å². The van der Waals surface area contributed by atoms with Gasteiger partial charge in [-0.2, -0.15) is 0 Å². The third kappa shape index (κ3) is 5.13. The molecule has 0 radical (unpaired) electrons. The van der Waals surface area contributed by atoms with Gasteiger partial charge in [-0.1, -0.05) is 6.07 Å². The van der Waals surface area contributed by atoms with Gasteiger partial charge in [-0.25, -0.2) is 0 Å². The van der Waals surface area contributed by atoms with E-state index in [4.69, 9.17) is 28.4 Å². The normalized spacial score (nSPS) is 37.1. The molecule has 0 atom stereocenters. The summed E-state index contributed by atoms with van der Waals surface area (Å²) in [5, 5.41) is 2.73. The Morgan fingerprint density at radius 3 is 1.61 bits per heavy atom. The van der Waals surface area contributed by atoms with Crippen molar-refractivity contribution < 1.29 is 28.4 Å². The third-order valence-electron chi connectivity index (χ3n) is 13.3. The molecule has 2 aliphatic heterocycles. The largest absolute Gasteiger partial charge is 0.491 e. The first-order valence-electron chi connectivity index (χ1n) is 18.3. The predicted molar refractivity (Wildman–Crippen MR) is 175 cm³/mol. The molecule has 12 rings (SSSR count). The lowest BCUT2D eigenvalue weighted by molar-refractivity contribution is -0.0107. The molecule has 8 bridgehead atoms. The van der Waals surface area contributed by atoms with Crippen LogP contribution in [0, 0.1) is 35.5 Å². The van der Waals surface area contributed by atoms with Crippen molar-refractivity contribution in [2.24, 2.45) is 35.5 Å². The van der Waals surface area contributed by atoms with Crippen LogP contribution in [0.1, 0.15) is 88.2 Å². The van der Waals surface area contributed by atoms with Crippen LogP contribution in [0.5, 0.6) is 11.5 Å². The molecule has 0 unspecified atom stereocenters. The molecule has 0 saturated heterocycles. The molecule has 244 valence electrons. The molecular weight excluding hydrogens is 576 g/mol. The highest BCUT2D eigenvalue weighted by Crippen LogP contribution is 2.66. The van der Waals surface area contributed by atoms with Crippen LogP contribution >= 0.6 is 0 Å². The lowest BCUT2D eigenvalue weighted by Gasteiger charge is -2.59. The Morgan fingerprint density at radius 2 is 1.09 bits per heavy atom. The van der Waals surface area contributed by atoms with Crippen molar-refractivity contribution in [2.45, 2.75) is 87.9 Å². The maximum absolute atomic E-state index is 7.16. The van der Waals surface area contributed by atoms with Gasteiger partial charge in [0.05, 0.1) is 13.2 Å². The van der Waals surface area contributed by atoms with E-state index in [-0.39, 0.29) is 10.8 Å². The first kappa shape index (κ1) is 28.3. The van der Waals surface area contributed by atoms with E-state index in [9.17, 15) is 0 Å². The van der Waals surface area contributed by atoms with E-state index in [1.807, 2.05) is 0 Å². The van der Waals surface area contributed by atoms with Crippen LogP contribution in [0.3, 0.4) is 0 Å². The highest BCUT2D eigenvalue weighted by molar-refractivity contribution is 5.92. The predicted octanol–water partition coefficient (Wildman–Crippen LogP) is 8.31. The van der Waals surface area contributed by atoms with E-state index in [0.29, 0.717) is 39.6 Å². The number of fused-ring (bicyclic) bond motifs is 1. The number of hydrogen-bond acceptors (Lipinski definition) is 6. The van der Waals surface area contributed by atoms with Crippen molar-refractivity contribution in [3.8, 4) is 11.5 Å². The lowest BCUT2D eigenvalue weighted by atomic mass is 9.46. The molecule has 46 heavy (non-hydrogen) atoms. The quantitative estimate of drug-likeness (QED) is 0.197. The van der Waals surface area contributed by atoms with E-state index < -0.39 is 0 Å². The molecule has 2 aromatic carbocycles. The highest BCUT2D eigenvalue weighted by atomic mass is 16.6. The van der Waals surface area contributed by atoms with Crippen molar-refractivity contribution >= 4 is 10.8 Å². The van der Waals surface area contributed by atoms with E-state index >= 15 is 0 Å². The minimum Gasteiger partial charge on any atom is -0.491 e. The van der Waals surface area contributed by atoms with Gasteiger partial charge in [0.15, 0.2) is 11.5 Å². The fraction of sp³-hybridized carbons (Fsp3) is 0.650. The van der Waals surface area contributed by atoms with Gasteiger partial charge in [0, 0.05) is 16.5 Å². The molecule has 8 saturated carbocycles. The Labute approximate surface area is 272 Å². The second kappa shape index (κ2) is 10.9. The summed E-state index contributed by atoms with van der Waals surface area (Å²) in [5.74, 6) is 9.27.